The molecule has 4 rings (SSSR count). The van der Waals surface area contributed by atoms with Gasteiger partial charge < -0.3 is 20.3 Å². The van der Waals surface area contributed by atoms with Crippen molar-refractivity contribution in [3.8, 4) is 16.9 Å². The molecule has 0 saturated carbocycles. The van der Waals surface area contributed by atoms with Crippen LogP contribution in [0.3, 0.4) is 0 Å². The monoisotopic (exact) mass is 503 g/mol. The second kappa shape index (κ2) is 10.1. The summed E-state index contributed by atoms with van der Waals surface area (Å²) in [5.41, 5.74) is 8.04. The SMILES string of the molecule is CC(Oc1cc(-c2ccncc2)c(C(=O)N2CCN(C)CC2)nc1N)c1c(Cl)ccc(F)c1Cl. The number of hydrogen-bond acceptors (Lipinski definition) is 6. The predicted molar refractivity (Wildman–Crippen MR) is 131 cm³/mol. The Kier molecular flexibility index (Phi) is 7.21. The van der Waals surface area contributed by atoms with Crippen LogP contribution in [0.15, 0.2) is 42.7 Å². The minimum absolute atomic E-state index is 0.0331. The van der Waals surface area contributed by atoms with Crippen LogP contribution in [0, 0.1) is 5.82 Å². The Morgan fingerprint density at radius 2 is 1.82 bits per heavy atom. The molecule has 1 aliphatic heterocycles. The van der Waals surface area contributed by atoms with Gasteiger partial charge in [-0.3, -0.25) is 9.78 Å². The lowest BCUT2D eigenvalue weighted by Crippen LogP contribution is -2.47. The molecule has 3 aromatic rings. The van der Waals surface area contributed by atoms with E-state index in [9.17, 15) is 9.18 Å². The van der Waals surface area contributed by atoms with Gasteiger partial charge in [0.25, 0.3) is 5.91 Å². The lowest BCUT2D eigenvalue weighted by Gasteiger charge is -2.32. The van der Waals surface area contributed by atoms with Gasteiger partial charge in [0.2, 0.25) is 0 Å². The van der Waals surface area contributed by atoms with Gasteiger partial charge in [0, 0.05) is 54.7 Å². The van der Waals surface area contributed by atoms with Crippen molar-refractivity contribution < 1.29 is 13.9 Å². The maximum atomic E-state index is 14.0. The number of carbonyl (C=O) groups excluding carboxylic acids is 1. The normalized spacial score (nSPS) is 15.3. The minimum Gasteiger partial charge on any atom is -0.482 e. The molecule has 2 aromatic heterocycles. The molecule has 1 atom stereocenters. The molecule has 1 aromatic carbocycles. The van der Waals surface area contributed by atoms with Crippen molar-refractivity contribution in [3.05, 3.63) is 69.8 Å². The maximum Gasteiger partial charge on any atom is 0.273 e. The van der Waals surface area contributed by atoms with E-state index in [1.54, 1.807) is 42.4 Å². The van der Waals surface area contributed by atoms with Crippen LogP contribution in [-0.2, 0) is 0 Å². The van der Waals surface area contributed by atoms with Gasteiger partial charge in [-0.05, 0) is 49.9 Å². The molecule has 0 radical (unpaired) electrons. The second-order valence-electron chi connectivity index (χ2n) is 8.12. The zero-order valence-electron chi connectivity index (χ0n) is 18.8. The Morgan fingerprint density at radius 3 is 2.50 bits per heavy atom. The first-order chi connectivity index (χ1) is 16.3. The third-order valence-electron chi connectivity index (χ3n) is 5.79. The summed E-state index contributed by atoms with van der Waals surface area (Å²) in [5, 5.41) is 0.143. The third-order valence-corrected chi connectivity index (χ3v) is 6.50. The summed E-state index contributed by atoms with van der Waals surface area (Å²) in [5.74, 6) is -0.549. The van der Waals surface area contributed by atoms with E-state index in [0.29, 0.717) is 24.2 Å². The zero-order valence-corrected chi connectivity index (χ0v) is 20.3. The number of ether oxygens (including phenoxy) is 1. The number of amides is 1. The lowest BCUT2D eigenvalue weighted by molar-refractivity contribution is 0.0659. The molecule has 1 saturated heterocycles. The van der Waals surface area contributed by atoms with Crippen LogP contribution in [0.1, 0.15) is 29.1 Å². The summed E-state index contributed by atoms with van der Waals surface area (Å²) in [4.78, 5) is 25.8. The number of halogens is 3. The topological polar surface area (TPSA) is 84.6 Å². The molecule has 1 amide bonds. The zero-order chi connectivity index (χ0) is 24.4. The highest BCUT2D eigenvalue weighted by Crippen LogP contribution is 2.38. The Balaban J connectivity index is 1.73. The van der Waals surface area contributed by atoms with E-state index in [4.69, 9.17) is 33.7 Å². The van der Waals surface area contributed by atoms with Crippen LogP contribution in [0.5, 0.6) is 5.75 Å². The fourth-order valence-electron chi connectivity index (χ4n) is 3.84. The van der Waals surface area contributed by atoms with Crippen molar-refractivity contribution in [3.63, 3.8) is 0 Å². The van der Waals surface area contributed by atoms with Crippen LogP contribution in [0.25, 0.3) is 11.1 Å². The number of nitrogens with two attached hydrogens (primary N) is 1. The Labute approximate surface area is 207 Å². The number of carbonyl (C=O) groups is 1. The molecule has 0 bridgehead atoms. The van der Waals surface area contributed by atoms with E-state index in [2.05, 4.69) is 14.9 Å². The third kappa shape index (κ3) is 4.94. The average Bonchev–Trinajstić information content (AvgIpc) is 2.83. The van der Waals surface area contributed by atoms with Crippen LogP contribution in [0.4, 0.5) is 10.2 Å². The number of nitrogen functional groups attached to an aromatic ring is 1. The molecular formula is C24H24Cl2FN5O2. The number of likely N-dealkylation sites (N-methyl/N-ethyl adjacent to an activating group) is 1. The van der Waals surface area contributed by atoms with Crippen LogP contribution in [0.2, 0.25) is 10.0 Å². The van der Waals surface area contributed by atoms with Gasteiger partial charge in [0.05, 0.1) is 5.02 Å². The predicted octanol–water partition coefficient (Wildman–Crippen LogP) is 4.70. The highest BCUT2D eigenvalue weighted by molar-refractivity contribution is 6.36. The van der Waals surface area contributed by atoms with E-state index in [-0.39, 0.29) is 33.2 Å². The Bertz CT molecular complexity index is 1200. The Hall–Kier alpha value is -2.94. The van der Waals surface area contributed by atoms with Gasteiger partial charge in [-0.2, -0.15) is 0 Å². The van der Waals surface area contributed by atoms with Crippen molar-refractivity contribution in [2.45, 2.75) is 13.0 Å². The molecular weight excluding hydrogens is 480 g/mol. The second-order valence-corrected chi connectivity index (χ2v) is 8.90. The molecule has 1 unspecified atom stereocenters. The number of aromatic nitrogens is 2. The summed E-state index contributed by atoms with van der Waals surface area (Å²) < 4.78 is 20.1. The fraction of sp³-hybridized carbons (Fsp3) is 0.292. The molecule has 7 nitrogen and oxygen atoms in total. The van der Waals surface area contributed by atoms with Crippen LogP contribution >= 0.6 is 23.2 Å². The van der Waals surface area contributed by atoms with E-state index in [0.717, 1.165) is 18.7 Å². The molecule has 1 aliphatic rings. The quantitative estimate of drug-likeness (QED) is 0.508. The molecule has 2 N–H and O–H groups in total. The molecule has 0 spiro atoms. The number of pyridine rings is 2. The highest BCUT2D eigenvalue weighted by atomic mass is 35.5. The number of nitrogens with zero attached hydrogens (tertiary/aromatic N) is 4. The van der Waals surface area contributed by atoms with Crippen molar-refractivity contribution >= 4 is 34.9 Å². The lowest BCUT2D eigenvalue weighted by atomic mass is 10.0. The minimum atomic E-state index is -0.732. The van der Waals surface area contributed by atoms with E-state index in [1.807, 2.05) is 7.05 Å². The standard InChI is InChI=1S/C24H24Cl2FN5O2/c1-14(20-17(25)3-4-18(27)21(20)26)34-19-13-16(15-5-7-29-8-6-15)22(30-23(19)28)24(33)32-11-9-31(2)10-12-32/h3-8,13-14H,9-12H2,1-2H3,(H2,28,30). The largest absolute Gasteiger partial charge is 0.482 e. The van der Waals surface area contributed by atoms with E-state index >= 15 is 0 Å². The summed E-state index contributed by atoms with van der Waals surface area (Å²) in [6.45, 7) is 4.43. The van der Waals surface area contributed by atoms with Gasteiger partial charge in [0.1, 0.15) is 17.6 Å². The summed E-state index contributed by atoms with van der Waals surface area (Å²) in [6.07, 6.45) is 2.53. The molecule has 34 heavy (non-hydrogen) atoms. The first kappa shape index (κ1) is 24.2. The van der Waals surface area contributed by atoms with Gasteiger partial charge >= 0.3 is 0 Å². The Morgan fingerprint density at radius 1 is 1.15 bits per heavy atom. The number of piperazine rings is 1. The van der Waals surface area contributed by atoms with E-state index in [1.165, 1.54) is 12.1 Å². The van der Waals surface area contributed by atoms with Crippen molar-refractivity contribution in [2.24, 2.45) is 0 Å². The number of rotatable bonds is 5. The summed E-state index contributed by atoms with van der Waals surface area (Å²) in [7, 11) is 2.02. The van der Waals surface area contributed by atoms with Crippen molar-refractivity contribution in [1.29, 1.82) is 0 Å². The van der Waals surface area contributed by atoms with E-state index < -0.39 is 11.9 Å². The smallest absolute Gasteiger partial charge is 0.273 e. The number of hydrogen-bond donors (Lipinski definition) is 1. The molecule has 178 valence electrons. The van der Waals surface area contributed by atoms with Crippen LogP contribution < -0.4 is 10.5 Å². The first-order valence-corrected chi connectivity index (χ1v) is 11.5. The van der Waals surface area contributed by atoms with Gasteiger partial charge in [-0.1, -0.05) is 23.2 Å². The van der Waals surface area contributed by atoms with Gasteiger partial charge in [-0.15, -0.1) is 0 Å². The van der Waals surface area contributed by atoms with Gasteiger partial charge in [-0.25, -0.2) is 9.37 Å². The summed E-state index contributed by atoms with van der Waals surface area (Å²) >= 11 is 12.4. The van der Waals surface area contributed by atoms with Crippen molar-refractivity contribution in [1.82, 2.24) is 19.8 Å². The summed E-state index contributed by atoms with van der Waals surface area (Å²) in [6, 6.07) is 7.83. The molecule has 1 fully saturated rings. The molecule has 10 heteroatoms. The van der Waals surface area contributed by atoms with Gasteiger partial charge in [0.15, 0.2) is 11.6 Å². The highest BCUT2D eigenvalue weighted by Gasteiger charge is 2.27. The van der Waals surface area contributed by atoms with Crippen LogP contribution in [-0.4, -0.2) is 58.9 Å². The maximum absolute atomic E-state index is 14.0. The first-order valence-electron chi connectivity index (χ1n) is 10.7. The van der Waals surface area contributed by atoms with Crippen molar-refractivity contribution in [2.75, 3.05) is 39.0 Å². The molecule has 0 aliphatic carbocycles. The molecule has 3 heterocycles. The fourth-order valence-corrected chi connectivity index (χ4v) is 4.52. The number of benzene rings is 1. The average molecular weight is 504 g/mol. The number of anilines is 1.